The molecule has 0 radical (unpaired) electrons. The van der Waals surface area contributed by atoms with Crippen LogP contribution in [0.3, 0.4) is 0 Å². The molecule has 0 atom stereocenters. The van der Waals surface area contributed by atoms with Gasteiger partial charge in [-0.1, -0.05) is 54.2 Å². The fraction of sp³-hybridized carbons (Fsp3) is 0.292. The summed E-state index contributed by atoms with van der Waals surface area (Å²) in [6.45, 7) is 4.64. The molecule has 1 aliphatic heterocycles. The second-order valence-electron chi connectivity index (χ2n) is 7.51. The molecule has 7 nitrogen and oxygen atoms in total. The predicted molar refractivity (Wildman–Crippen MR) is 126 cm³/mol. The highest BCUT2D eigenvalue weighted by Crippen LogP contribution is 2.24. The molecule has 8 heteroatoms. The topological polar surface area (TPSA) is 87.3 Å². The molecule has 1 aliphatic rings. The van der Waals surface area contributed by atoms with E-state index in [4.69, 9.17) is 4.74 Å². The molecule has 0 spiro atoms. The first-order valence-corrected chi connectivity index (χ1v) is 11.6. The van der Waals surface area contributed by atoms with E-state index in [1.807, 2.05) is 43.3 Å². The van der Waals surface area contributed by atoms with E-state index in [2.05, 4.69) is 32.3 Å². The van der Waals surface area contributed by atoms with E-state index < -0.39 is 0 Å². The minimum Gasteiger partial charge on any atom is -0.492 e. The van der Waals surface area contributed by atoms with Crippen molar-refractivity contribution in [3.63, 3.8) is 0 Å². The highest BCUT2D eigenvalue weighted by Gasteiger charge is 2.21. The predicted octanol–water partition coefficient (Wildman–Crippen LogP) is 3.46. The summed E-state index contributed by atoms with van der Waals surface area (Å²) < 4.78 is 5.54. The summed E-state index contributed by atoms with van der Waals surface area (Å²) in [4.78, 5) is 34.8. The first kappa shape index (κ1) is 22.1. The van der Waals surface area contributed by atoms with Crippen molar-refractivity contribution < 1.29 is 9.53 Å². The third kappa shape index (κ3) is 5.57. The van der Waals surface area contributed by atoms with Gasteiger partial charge in [0.1, 0.15) is 5.75 Å². The number of nitrogens with one attached hydrogen (secondary N) is 2. The smallest absolute Gasteiger partial charge is 0.256 e. The number of para-hydroxylation sites is 2. The van der Waals surface area contributed by atoms with Gasteiger partial charge < -0.3 is 15.0 Å². The van der Waals surface area contributed by atoms with Crippen LogP contribution in [0.25, 0.3) is 0 Å². The minimum atomic E-state index is -0.184. The number of amides is 1. The molecule has 0 saturated heterocycles. The van der Waals surface area contributed by atoms with Crippen LogP contribution in [0.5, 0.6) is 5.75 Å². The number of ether oxygens (including phenoxy) is 1. The number of carbonyl (C=O) groups excluding carboxylic acids is 1. The van der Waals surface area contributed by atoms with Crippen molar-refractivity contribution >= 4 is 23.4 Å². The standard InChI is InChI=1S/C24H26N4O3S/c1-2-31-21-11-7-6-10-20(21)25-22(29)16-32-24-26-19-12-13-28(15-18(19)23(30)27-24)14-17-8-4-3-5-9-17/h3-11H,2,12-16H2,1H3,(H,25,29)(H,26,27,30). The van der Waals surface area contributed by atoms with Gasteiger partial charge in [-0.15, -0.1) is 0 Å². The zero-order valence-electron chi connectivity index (χ0n) is 18.0. The normalized spacial score (nSPS) is 13.4. The number of carbonyl (C=O) groups is 1. The molecule has 2 N–H and O–H groups in total. The lowest BCUT2D eigenvalue weighted by molar-refractivity contribution is -0.113. The van der Waals surface area contributed by atoms with Gasteiger partial charge in [0, 0.05) is 26.1 Å². The van der Waals surface area contributed by atoms with Crippen molar-refractivity contribution in [2.45, 2.75) is 31.6 Å². The molecule has 4 rings (SSSR count). The fourth-order valence-electron chi connectivity index (χ4n) is 3.67. The van der Waals surface area contributed by atoms with Crippen molar-refractivity contribution in [3.8, 4) is 5.75 Å². The summed E-state index contributed by atoms with van der Waals surface area (Å²) in [7, 11) is 0. The second-order valence-corrected chi connectivity index (χ2v) is 8.47. The Kier molecular flexibility index (Phi) is 7.24. The SMILES string of the molecule is CCOc1ccccc1NC(=O)CSc1nc2c(c(=O)[nH]1)CN(Cc1ccccc1)CC2. The number of anilines is 1. The Morgan fingerprint density at radius 3 is 2.78 bits per heavy atom. The van der Waals surface area contributed by atoms with Gasteiger partial charge in [0.2, 0.25) is 5.91 Å². The summed E-state index contributed by atoms with van der Waals surface area (Å²) in [6, 6.07) is 17.6. The molecule has 3 aromatic rings. The number of benzene rings is 2. The summed E-state index contributed by atoms with van der Waals surface area (Å²) in [5.74, 6) is 0.591. The number of rotatable bonds is 8. The van der Waals surface area contributed by atoms with Crippen molar-refractivity contribution in [1.29, 1.82) is 0 Å². The lowest BCUT2D eigenvalue weighted by Gasteiger charge is -2.27. The first-order valence-electron chi connectivity index (χ1n) is 10.6. The van der Waals surface area contributed by atoms with Crippen LogP contribution in [0, 0.1) is 0 Å². The van der Waals surface area contributed by atoms with Gasteiger partial charge in [0.05, 0.1) is 29.3 Å². The van der Waals surface area contributed by atoms with E-state index in [0.717, 1.165) is 18.8 Å². The van der Waals surface area contributed by atoms with Crippen LogP contribution in [0.1, 0.15) is 23.7 Å². The maximum absolute atomic E-state index is 12.7. The Labute approximate surface area is 191 Å². The van der Waals surface area contributed by atoms with E-state index in [-0.39, 0.29) is 17.2 Å². The van der Waals surface area contributed by atoms with Crippen LogP contribution < -0.4 is 15.6 Å². The quantitative estimate of drug-likeness (QED) is 0.404. The monoisotopic (exact) mass is 450 g/mol. The second kappa shape index (κ2) is 10.5. The summed E-state index contributed by atoms with van der Waals surface area (Å²) in [6.07, 6.45) is 0.716. The van der Waals surface area contributed by atoms with Crippen molar-refractivity contribution in [2.75, 3.05) is 24.2 Å². The molecule has 1 aromatic heterocycles. The Morgan fingerprint density at radius 1 is 1.19 bits per heavy atom. The molecule has 0 bridgehead atoms. The average Bonchev–Trinajstić information content (AvgIpc) is 2.80. The average molecular weight is 451 g/mol. The Balaban J connectivity index is 1.37. The Morgan fingerprint density at radius 2 is 1.97 bits per heavy atom. The van der Waals surface area contributed by atoms with Crippen molar-refractivity contribution in [3.05, 3.63) is 81.8 Å². The molecule has 166 valence electrons. The molecular formula is C24H26N4O3S. The van der Waals surface area contributed by atoms with Gasteiger partial charge in [0.15, 0.2) is 5.16 Å². The highest BCUT2D eigenvalue weighted by molar-refractivity contribution is 7.99. The van der Waals surface area contributed by atoms with Crippen LogP contribution in [0.2, 0.25) is 0 Å². The molecule has 2 aromatic carbocycles. The number of H-pyrrole nitrogens is 1. The third-order valence-corrected chi connectivity index (χ3v) is 6.05. The fourth-order valence-corrected chi connectivity index (χ4v) is 4.35. The molecule has 0 fully saturated rings. The maximum atomic E-state index is 12.7. The van der Waals surface area contributed by atoms with E-state index in [1.165, 1.54) is 17.3 Å². The zero-order valence-corrected chi connectivity index (χ0v) is 18.8. The molecule has 0 unspecified atom stereocenters. The van der Waals surface area contributed by atoms with Gasteiger partial charge in [-0.25, -0.2) is 4.98 Å². The molecule has 2 heterocycles. The molecule has 32 heavy (non-hydrogen) atoms. The van der Waals surface area contributed by atoms with Crippen LogP contribution in [0.15, 0.2) is 64.5 Å². The van der Waals surface area contributed by atoms with E-state index in [1.54, 1.807) is 6.07 Å². The third-order valence-electron chi connectivity index (χ3n) is 5.18. The van der Waals surface area contributed by atoms with Crippen molar-refractivity contribution in [2.24, 2.45) is 0 Å². The summed E-state index contributed by atoms with van der Waals surface area (Å²) in [5.41, 5.74) is 3.27. The van der Waals surface area contributed by atoms with Gasteiger partial charge in [-0.3, -0.25) is 14.5 Å². The maximum Gasteiger partial charge on any atom is 0.256 e. The van der Waals surface area contributed by atoms with Crippen LogP contribution in [-0.2, 0) is 24.3 Å². The molecule has 0 aliphatic carbocycles. The van der Waals surface area contributed by atoms with Crippen LogP contribution >= 0.6 is 11.8 Å². The van der Waals surface area contributed by atoms with Gasteiger partial charge >= 0.3 is 0 Å². The number of fused-ring (bicyclic) bond motifs is 1. The summed E-state index contributed by atoms with van der Waals surface area (Å²) >= 11 is 1.22. The number of thioether (sulfide) groups is 1. The lowest BCUT2D eigenvalue weighted by Crippen LogP contribution is -2.35. The first-order chi connectivity index (χ1) is 15.6. The number of aromatic nitrogens is 2. The van der Waals surface area contributed by atoms with Crippen LogP contribution in [0.4, 0.5) is 5.69 Å². The molecule has 1 amide bonds. The number of aromatic amines is 1. The highest BCUT2D eigenvalue weighted by atomic mass is 32.2. The van der Waals surface area contributed by atoms with Gasteiger partial charge in [-0.05, 0) is 24.6 Å². The number of nitrogens with zero attached hydrogens (tertiary/aromatic N) is 2. The van der Waals surface area contributed by atoms with Gasteiger partial charge in [0.25, 0.3) is 5.56 Å². The number of hydrogen-bond donors (Lipinski definition) is 2. The Hall–Kier alpha value is -3.10. The van der Waals surface area contributed by atoms with Crippen molar-refractivity contribution in [1.82, 2.24) is 14.9 Å². The Bertz CT molecular complexity index is 1130. The van der Waals surface area contributed by atoms with Gasteiger partial charge in [-0.2, -0.15) is 0 Å². The number of hydrogen-bond acceptors (Lipinski definition) is 6. The van der Waals surface area contributed by atoms with E-state index >= 15 is 0 Å². The van der Waals surface area contributed by atoms with E-state index in [0.29, 0.717) is 41.7 Å². The largest absolute Gasteiger partial charge is 0.492 e. The lowest BCUT2D eigenvalue weighted by atomic mass is 10.1. The molecular weight excluding hydrogens is 424 g/mol. The minimum absolute atomic E-state index is 0.127. The zero-order chi connectivity index (χ0) is 22.3. The van der Waals surface area contributed by atoms with Crippen LogP contribution in [-0.4, -0.2) is 39.7 Å². The summed E-state index contributed by atoms with van der Waals surface area (Å²) in [5, 5.41) is 3.33. The van der Waals surface area contributed by atoms with E-state index in [9.17, 15) is 9.59 Å². The molecule has 0 saturated carbocycles.